The molecule has 2 aromatic rings. The van der Waals surface area contributed by atoms with Crippen LogP contribution in [0.1, 0.15) is 69.3 Å². The molecule has 1 saturated carbocycles. The lowest BCUT2D eigenvalue weighted by Crippen LogP contribution is -2.48. The van der Waals surface area contributed by atoms with E-state index in [9.17, 15) is 0 Å². The minimum atomic E-state index is -1.10. The van der Waals surface area contributed by atoms with Crippen LogP contribution in [0.4, 0.5) is 19.0 Å². The van der Waals surface area contributed by atoms with Crippen molar-refractivity contribution < 1.29 is 13.2 Å². The summed E-state index contributed by atoms with van der Waals surface area (Å²) in [6.45, 7) is 16.1. The molecule has 5 rings (SSSR count). The summed E-state index contributed by atoms with van der Waals surface area (Å²) in [7, 11) is 3.60. The molecule has 7 nitrogen and oxygen atoms in total. The molecule has 10 heteroatoms. The van der Waals surface area contributed by atoms with Crippen molar-refractivity contribution in [1.82, 2.24) is 30.2 Å². The number of rotatable bonds is 11. The van der Waals surface area contributed by atoms with E-state index in [1.54, 1.807) is 13.2 Å². The van der Waals surface area contributed by atoms with Gasteiger partial charge in [0.1, 0.15) is 5.52 Å². The first-order valence-corrected chi connectivity index (χ1v) is 15.9. The van der Waals surface area contributed by atoms with Gasteiger partial charge in [0.25, 0.3) is 0 Å². The van der Waals surface area contributed by atoms with Crippen LogP contribution in [-0.2, 0) is 7.05 Å². The number of aromatic nitrogens is 2. The minimum Gasteiger partial charge on any atom is -0.391 e. The van der Waals surface area contributed by atoms with Gasteiger partial charge < -0.3 is 25.8 Å². The van der Waals surface area contributed by atoms with Gasteiger partial charge >= 0.3 is 0 Å². The molecule has 0 amide bonds. The summed E-state index contributed by atoms with van der Waals surface area (Å²) in [5.74, 6) is -2.61. The second kappa shape index (κ2) is 13.8. The zero-order valence-electron chi connectivity index (χ0n) is 25.8. The van der Waals surface area contributed by atoms with Gasteiger partial charge in [-0.25, -0.2) is 13.2 Å². The molecule has 1 aromatic heterocycles. The number of nitrogens with zero attached hydrogens (tertiary/aromatic N) is 4. The molecule has 0 atom stereocenters. The van der Waals surface area contributed by atoms with E-state index in [1.807, 2.05) is 0 Å². The summed E-state index contributed by atoms with van der Waals surface area (Å²) in [5, 5.41) is 13.4. The number of fused-ring (bicyclic) bond motifs is 1. The Balaban J connectivity index is 1.20. The van der Waals surface area contributed by atoms with Crippen LogP contribution >= 0.6 is 0 Å². The van der Waals surface area contributed by atoms with Crippen molar-refractivity contribution in [1.29, 1.82) is 0 Å². The van der Waals surface area contributed by atoms with Crippen LogP contribution in [0.15, 0.2) is 37.3 Å². The highest BCUT2D eigenvalue weighted by Crippen LogP contribution is 2.40. The van der Waals surface area contributed by atoms with Crippen LogP contribution in [0.3, 0.4) is 0 Å². The van der Waals surface area contributed by atoms with Gasteiger partial charge in [-0.1, -0.05) is 19.7 Å². The maximum Gasteiger partial charge on any atom is 0.172 e. The first kappa shape index (κ1) is 31.4. The number of nitrogens with one attached hydrogen (secondary N) is 3. The highest BCUT2D eigenvalue weighted by atomic mass is 19.2. The third kappa shape index (κ3) is 6.60. The number of allylic oxidation sites excluding steroid dienone is 1. The molecule has 43 heavy (non-hydrogen) atoms. The van der Waals surface area contributed by atoms with E-state index in [0.717, 1.165) is 39.0 Å². The van der Waals surface area contributed by atoms with E-state index in [2.05, 4.69) is 57.6 Å². The van der Waals surface area contributed by atoms with Crippen LogP contribution in [0, 0.1) is 23.4 Å². The fraction of sp³-hybridized carbons (Fsp3) is 0.606. The quantitative estimate of drug-likeness (QED) is 0.219. The fourth-order valence-corrected chi connectivity index (χ4v) is 7.48. The van der Waals surface area contributed by atoms with Crippen LogP contribution in [0.2, 0.25) is 0 Å². The lowest BCUT2D eigenvalue weighted by Gasteiger charge is -2.44. The molecule has 3 aliphatic rings. The van der Waals surface area contributed by atoms with Crippen LogP contribution in [0.25, 0.3) is 10.9 Å². The molecule has 0 radical (unpaired) electrons. The normalized spacial score (nSPS) is 22.6. The number of aryl methyl sites for hydroxylation is 1. The van der Waals surface area contributed by atoms with Crippen molar-refractivity contribution in [3.63, 3.8) is 0 Å². The third-order valence-corrected chi connectivity index (χ3v) is 10.1. The Kier molecular flexibility index (Phi) is 10.1. The second-order valence-corrected chi connectivity index (χ2v) is 12.5. The fourth-order valence-electron chi connectivity index (χ4n) is 7.48. The number of halogens is 3. The number of anilines is 1. The maximum atomic E-state index is 16.0. The van der Waals surface area contributed by atoms with Gasteiger partial charge in [0.2, 0.25) is 0 Å². The van der Waals surface area contributed by atoms with Gasteiger partial charge in [0, 0.05) is 62.1 Å². The Bertz CT molecular complexity index is 1310. The largest absolute Gasteiger partial charge is 0.391 e. The number of benzene rings is 1. The summed E-state index contributed by atoms with van der Waals surface area (Å²) in [4.78, 5) is 4.96. The second-order valence-electron chi connectivity index (χ2n) is 12.5. The van der Waals surface area contributed by atoms with Crippen molar-refractivity contribution in [3.8, 4) is 0 Å². The maximum absolute atomic E-state index is 16.0. The predicted molar refractivity (Wildman–Crippen MR) is 168 cm³/mol. The third-order valence-electron chi connectivity index (χ3n) is 10.1. The predicted octanol–water partition coefficient (Wildman–Crippen LogP) is 5.98. The zero-order chi connectivity index (χ0) is 30.7. The summed E-state index contributed by atoms with van der Waals surface area (Å²) in [6, 6.07) is 1.09. The van der Waals surface area contributed by atoms with Gasteiger partial charge in [-0.3, -0.25) is 4.68 Å². The molecule has 3 N–H and O–H groups in total. The van der Waals surface area contributed by atoms with E-state index < -0.39 is 17.5 Å². The van der Waals surface area contributed by atoms with Crippen molar-refractivity contribution in [2.24, 2.45) is 13.0 Å². The monoisotopic (exact) mass is 599 g/mol. The van der Waals surface area contributed by atoms with Crippen LogP contribution < -0.4 is 16.0 Å². The number of hydrogen-bond acceptors (Lipinski definition) is 6. The Labute approximate surface area is 254 Å². The smallest absolute Gasteiger partial charge is 0.172 e. The van der Waals surface area contributed by atoms with E-state index in [1.165, 1.54) is 36.1 Å². The Morgan fingerprint density at radius 1 is 0.930 bits per heavy atom. The molecule has 0 bridgehead atoms. The van der Waals surface area contributed by atoms with Gasteiger partial charge in [0.05, 0.1) is 5.39 Å². The average molecular weight is 600 g/mol. The van der Waals surface area contributed by atoms with Gasteiger partial charge in [-0.05, 0) is 89.5 Å². The molecule has 0 spiro atoms. The number of likely N-dealkylation sites (tertiary alicyclic amines) is 2. The highest BCUT2D eigenvalue weighted by molar-refractivity contribution is 5.92. The SMILES string of the molecule is C=CNCCC(=C)Nc1nn(C)c2c(F)c(C3CCN(C4CCN(C(=C)C5CCC(NC)CC5)CC4)CC3)c(F)c(F)c12. The van der Waals surface area contributed by atoms with Gasteiger partial charge in [0.15, 0.2) is 23.3 Å². The molecule has 3 fully saturated rings. The average Bonchev–Trinajstić information content (AvgIpc) is 3.35. The van der Waals surface area contributed by atoms with Gasteiger partial charge in [-0.15, -0.1) is 0 Å². The molecule has 0 unspecified atom stereocenters. The standard InChI is InChI=1S/C33H48F3N7/c1-6-38-16-11-21(2)39-33-28-30(35)29(34)27(31(36)32(28)41(5)40-33)24-12-17-43(18-13-24)26-14-19-42(20-15-26)22(3)23-7-9-25(37-4)10-8-23/h6,23-26,37-38H,1-3,7-20H2,4-5H3,(H,39,40). The van der Waals surface area contributed by atoms with Crippen molar-refractivity contribution in [3.05, 3.63) is 60.3 Å². The Hall–Kier alpha value is -2.98. The lowest BCUT2D eigenvalue weighted by atomic mass is 9.83. The highest BCUT2D eigenvalue weighted by Gasteiger charge is 2.35. The Morgan fingerprint density at radius 3 is 2.23 bits per heavy atom. The van der Waals surface area contributed by atoms with E-state index >= 15 is 13.2 Å². The molecular formula is C33H48F3N7. The first-order chi connectivity index (χ1) is 20.7. The summed E-state index contributed by atoms with van der Waals surface area (Å²) in [5.41, 5.74) is 1.69. The van der Waals surface area contributed by atoms with Crippen LogP contribution in [-0.4, -0.2) is 71.4 Å². The van der Waals surface area contributed by atoms with Crippen molar-refractivity contribution >= 4 is 16.7 Å². The molecule has 2 aliphatic heterocycles. The number of hydrogen-bond donors (Lipinski definition) is 3. The Morgan fingerprint density at radius 2 is 1.60 bits per heavy atom. The molecular weight excluding hydrogens is 551 g/mol. The van der Waals surface area contributed by atoms with E-state index in [4.69, 9.17) is 0 Å². The molecule has 3 heterocycles. The van der Waals surface area contributed by atoms with Gasteiger partial charge in [-0.2, -0.15) is 5.10 Å². The number of piperidine rings is 2. The topological polar surface area (TPSA) is 60.4 Å². The molecule has 1 aliphatic carbocycles. The lowest BCUT2D eigenvalue weighted by molar-refractivity contribution is 0.0922. The van der Waals surface area contributed by atoms with Crippen LogP contribution in [0.5, 0.6) is 0 Å². The summed E-state index contributed by atoms with van der Waals surface area (Å²) >= 11 is 0. The van der Waals surface area contributed by atoms with Crippen molar-refractivity contribution in [2.45, 2.75) is 75.8 Å². The van der Waals surface area contributed by atoms with Crippen molar-refractivity contribution in [2.75, 3.05) is 45.1 Å². The molecule has 236 valence electrons. The molecule has 2 saturated heterocycles. The summed E-state index contributed by atoms with van der Waals surface area (Å²) < 4.78 is 48.4. The minimum absolute atomic E-state index is 0.0251. The molecule has 1 aromatic carbocycles. The zero-order valence-corrected chi connectivity index (χ0v) is 25.8. The summed E-state index contributed by atoms with van der Waals surface area (Å²) in [6.07, 6.45) is 10.2. The van der Waals surface area contributed by atoms with E-state index in [-0.39, 0.29) is 28.2 Å². The first-order valence-electron chi connectivity index (χ1n) is 15.9. The van der Waals surface area contributed by atoms with E-state index in [0.29, 0.717) is 49.5 Å².